The Balaban J connectivity index is 3.76. The van der Waals surface area contributed by atoms with Gasteiger partial charge in [0.2, 0.25) is 0 Å². The number of carbonyl (C=O) groups is 1. The van der Waals surface area contributed by atoms with E-state index >= 15 is 0 Å². The van der Waals surface area contributed by atoms with Gasteiger partial charge in [-0.15, -0.1) is 6.58 Å². The van der Waals surface area contributed by atoms with Gasteiger partial charge < -0.3 is 9.84 Å². The molecule has 22 heavy (non-hydrogen) atoms. The van der Waals surface area contributed by atoms with Gasteiger partial charge in [0.25, 0.3) is 0 Å². The number of hydrogen-bond acceptors (Lipinski definition) is 3. The largest absolute Gasteiger partial charge is 0.462 e. The van der Waals surface area contributed by atoms with Crippen LogP contribution in [0.2, 0.25) is 0 Å². The van der Waals surface area contributed by atoms with Crippen molar-refractivity contribution in [3.63, 3.8) is 0 Å². The summed E-state index contributed by atoms with van der Waals surface area (Å²) in [4.78, 5) is 10.5. The molecule has 0 aromatic rings. The van der Waals surface area contributed by atoms with Gasteiger partial charge in [-0.3, -0.25) is 4.79 Å². The zero-order chi connectivity index (χ0) is 16.5. The molecule has 1 N–H and O–H groups in total. The third-order valence-corrected chi connectivity index (χ3v) is 2.54. The van der Waals surface area contributed by atoms with Crippen LogP contribution in [0, 0.1) is 23.7 Å². The predicted molar refractivity (Wildman–Crippen MR) is 89.8 cm³/mol. The Bertz CT molecular complexity index is 492. The summed E-state index contributed by atoms with van der Waals surface area (Å²) in [6.45, 7) is 5.25. The minimum Gasteiger partial charge on any atom is -0.462 e. The Morgan fingerprint density at radius 3 is 2.86 bits per heavy atom. The Morgan fingerprint density at radius 2 is 2.14 bits per heavy atom. The minimum atomic E-state index is -0.401. The number of allylic oxidation sites excluding steroid dienone is 3. The molecule has 0 spiro atoms. The summed E-state index contributed by atoms with van der Waals surface area (Å²) in [5, 5.41) is 9.68. The molecule has 0 radical (unpaired) electrons. The van der Waals surface area contributed by atoms with Crippen molar-refractivity contribution in [1.82, 2.24) is 0 Å². The quantitative estimate of drug-likeness (QED) is 0.308. The molecule has 0 aromatic heterocycles. The van der Waals surface area contributed by atoms with Crippen LogP contribution in [0.1, 0.15) is 39.0 Å². The molecule has 3 heteroatoms. The Hall–Kier alpha value is -2.23. The number of carbonyl (C=O) groups excluding carboxylic acids is 1. The lowest BCUT2D eigenvalue weighted by Gasteiger charge is -2.03. The van der Waals surface area contributed by atoms with Crippen LogP contribution in [0.5, 0.6) is 0 Å². The molecule has 1 atom stereocenters. The van der Waals surface area contributed by atoms with Gasteiger partial charge in [0.1, 0.15) is 6.61 Å². The lowest BCUT2D eigenvalue weighted by molar-refractivity contribution is -0.139. The van der Waals surface area contributed by atoms with Gasteiger partial charge in [0.05, 0.1) is 6.10 Å². The molecule has 0 bridgehead atoms. The summed E-state index contributed by atoms with van der Waals surface area (Å²) in [6, 6.07) is 0. The SMILES string of the molecule is C=CCCCC[C@@H](O)/C=C/CC#CC#C/C=C\COC(C)=O. The molecule has 0 rings (SSSR count). The lowest BCUT2D eigenvalue weighted by Crippen LogP contribution is -2.01. The highest BCUT2D eigenvalue weighted by atomic mass is 16.5. The fourth-order valence-electron chi connectivity index (χ4n) is 1.47. The molecule has 0 amide bonds. The molecule has 118 valence electrons. The van der Waals surface area contributed by atoms with Crippen LogP contribution < -0.4 is 0 Å². The average Bonchev–Trinajstić information content (AvgIpc) is 2.49. The number of unbranched alkanes of at least 4 members (excludes halogenated alkanes) is 2. The highest BCUT2D eigenvalue weighted by Crippen LogP contribution is 2.05. The van der Waals surface area contributed by atoms with Crippen LogP contribution in [0.3, 0.4) is 0 Å². The molecule has 0 aliphatic rings. The normalized spacial score (nSPS) is 11.4. The topological polar surface area (TPSA) is 46.5 Å². The lowest BCUT2D eigenvalue weighted by atomic mass is 10.1. The van der Waals surface area contributed by atoms with Gasteiger partial charge in [0, 0.05) is 13.3 Å². The maximum absolute atomic E-state index is 10.5. The van der Waals surface area contributed by atoms with Gasteiger partial charge in [-0.05, 0) is 43.3 Å². The van der Waals surface area contributed by atoms with E-state index in [2.05, 4.69) is 30.3 Å². The van der Waals surface area contributed by atoms with Crippen LogP contribution in [0.4, 0.5) is 0 Å². The van der Waals surface area contributed by atoms with Crippen LogP contribution in [0.25, 0.3) is 0 Å². The third kappa shape index (κ3) is 15.8. The summed E-state index contributed by atoms with van der Waals surface area (Å²) in [5.41, 5.74) is 0. The summed E-state index contributed by atoms with van der Waals surface area (Å²) in [6.07, 6.45) is 12.8. The second kappa shape index (κ2) is 15.2. The molecule has 3 nitrogen and oxygen atoms in total. The number of ether oxygens (including phenoxy) is 1. The van der Waals surface area contributed by atoms with Crippen LogP contribution in [-0.2, 0) is 9.53 Å². The number of hydrogen-bond donors (Lipinski definition) is 1. The van der Waals surface area contributed by atoms with Crippen molar-refractivity contribution >= 4 is 5.97 Å². The van der Waals surface area contributed by atoms with E-state index in [1.807, 2.05) is 12.2 Å². The van der Waals surface area contributed by atoms with Crippen LogP contribution in [-0.4, -0.2) is 23.8 Å². The van der Waals surface area contributed by atoms with E-state index < -0.39 is 6.10 Å². The van der Waals surface area contributed by atoms with Gasteiger partial charge in [-0.25, -0.2) is 0 Å². The number of aliphatic hydroxyl groups excluding tert-OH is 1. The maximum Gasteiger partial charge on any atom is 0.302 e. The Morgan fingerprint density at radius 1 is 1.32 bits per heavy atom. The van der Waals surface area contributed by atoms with E-state index in [0.717, 1.165) is 25.7 Å². The van der Waals surface area contributed by atoms with Gasteiger partial charge in [-0.2, -0.15) is 0 Å². The third-order valence-electron chi connectivity index (χ3n) is 2.54. The molecule has 0 aromatic carbocycles. The van der Waals surface area contributed by atoms with Gasteiger partial charge in [-0.1, -0.05) is 36.5 Å². The highest BCUT2D eigenvalue weighted by molar-refractivity contribution is 5.66. The average molecular weight is 300 g/mol. The van der Waals surface area contributed by atoms with E-state index in [0.29, 0.717) is 6.42 Å². The van der Waals surface area contributed by atoms with Crippen molar-refractivity contribution in [2.75, 3.05) is 6.61 Å². The number of aliphatic hydroxyl groups is 1. The number of rotatable bonds is 9. The van der Waals surface area contributed by atoms with Crippen molar-refractivity contribution in [2.24, 2.45) is 0 Å². The molecular formula is C19H24O3. The fourth-order valence-corrected chi connectivity index (χ4v) is 1.47. The summed E-state index contributed by atoms with van der Waals surface area (Å²) in [5.74, 6) is 10.7. The fraction of sp³-hybridized carbons (Fsp3) is 0.421. The standard InChI is InChI=1S/C19H24O3/c1-3-4-5-12-15-19(21)16-13-10-8-6-7-9-11-14-17-22-18(2)20/h3,11,13-14,16,19,21H,1,4-5,10,12,15,17H2,2H3/b14-11-,16-13+/t19-/m1/s1. The second-order valence-corrected chi connectivity index (χ2v) is 4.55. The van der Waals surface area contributed by atoms with Crippen molar-refractivity contribution in [1.29, 1.82) is 0 Å². The van der Waals surface area contributed by atoms with Gasteiger partial charge in [0.15, 0.2) is 0 Å². The van der Waals surface area contributed by atoms with E-state index in [4.69, 9.17) is 4.74 Å². The van der Waals surface area contributed by atoms with E-state index in [1.54, 1.807) is 18.2 Å². The molecule has 0 aliphatic carbocycles. The zero-order valence-corrected chi connectivity index (χ0v) is 13.2. The first-order valence-electron chi connectivity index (χ1n) is 7.39. The van der Waals surface area contributed by atoms with Crippen molar-refractivity contribution in [2.45, 2.75) is 45.1 Å². The first-order chi connectivity index (χ1) is 10.7. The molecule has 0 saturated heterocycles. The van der Waals surface area contributed by atoms with Gasteiger partial charge >= 0.3 is 5.97 Å². The second-order valence-electron chi connectivity index (χ2n) is 4.55. The first-order valence-corrected chi connectivity index (χ1v) is 7.39. The highest BCUT2D eigenvalue weighted by Gasteiger charge is 1.96. The number of esters is 1. The first kappa shape index (κ1) is 19.8. The molecule has 0 aliphatic heterocycles. The van der Waals surface area contributed by atoms with Crippen LogP contribution in [0.15, 0.2) is 37.0 Å². The predicted octanol–water partition coefficient (Wildman–Crippen LogP) is 3.17. The van der Waals surface area contributed by atoms with E-state index in [1.165, 1.54) is 6.92 Å². The van der Waals surface area contributed by atoms with Crippen LogP contribution >= 0.6 is 0 Å². The molecular weight excluding hydrogens is 276 g/mol. The maximum atomic E-state index is 10.5. The van der Waals surface area contributed by atoms with E-state index in [9.17, 15) is 9.90 Å². The smallest absolute Gasteiger partial charge is 0.302 e. The Labute approximate surface area is 133 Å². The summed E-state index contributed by atoms with van der Waals surface area (Å²) in [7, 11) is 0. The minimum absolute atomic E-state index is 0.227. The monoisotopic (exact) mass is 300 g/mol. The van der Waals surface area contributed by atoms with Crippen molar-refractivity contribution in [3.05, 3.63) is 37.0 Å². The van der Waals surface area contributed by atoms with E-state index in [-0.39, 0.29) is 12.6 Å². The Kier molecular flexibility index (Phi) is 13.6. The van der Waals surface area contributed by atoms with Crippen molar-refractivity contribution in [3.8, 4) is 23.7 Å². The molecule has 0 saturated carbocycles. The molecule has 0 heterocycles. The molecule has 0 unspecified atom stereocenters. The zero-order valence-electron chi connectivity index (χ0n) is 13.2. The molecule has 0 fully saturated rings. The van der Waals surface area contributed by atoms with Crippen molar-refractivity contribution < 1.29 is 14.6 Å². The summed E-state index contributed by atoms with van der Waals surface area (Å²) < 4.78 is 4.70. The summed E-state index contributed by atoms with van der Waals surface area (Å²) >= 11 is 0.